The zero-order chi connectivity index (χ0) is 15.7. The smallest absolute Gasteiger partial charge is 0.340 e. The van der Waals surface area contributed by atoms with Crippen LogP contribution in [-0.2, 0) is 9.47 Å². The maximum atomic E-state index is 11.8. The van der Waals surface area contributed by atoms with Crippen molar-refractivity contribution in [2.75, 3.05) is 45.9 Å². The second-order valence-electron chi connectivity index (χ2n) is 4.02. The van der Waals surface area contributed by atoms with Crippen LogP contribution in [0.25, 0.3) is 0 Å². The van der Waals surface area contributed by atoms with Crippen molar-refractivity contribution in [3.05, 3.63) is 17.7 Å². The van der Waals surface area contributed by atoms with Gasteiger partial charge in [0.25, 0.3) is 0 Å². The molecule has 0 heterocycles. The van der Waals surface area contributed by atoms with Gasteiger partial charge in [0.1, 0.15) is 13.2 Å². The summed E-state index contributed by atoms with van der Waals surface area (Å²) in [4.78, 5) is 11.8. The number of esters is 1. The molecule has 0 atom stereocenters. The van der Waals surface area contributed by atoms with Crippen molar-refractivity contribution in [3.63, 3.8) is 0 Å². The van der Waals surface area contributed by atoms with Crippen LogP contribution in [0.4, 0.5) is 5.69 Å². The van der Waals surface area contributed by atoms with Gasteiger partial charge in [-0.25, -0.2) is 4.79 Å². The Morgan fingerprint density at radius 1 is 1.19 bits per heavy atom. The molecule has 118 valence electrons. The molecule has 1 aromatic carbocycles. The van der Waals surface area contributed by atoms with Gasteiger partial charge in [-0.3, -0.25) is 0 Å². The van der Waals surface area contributed by atoms with Crippen molar-refractivity contribution < 1.29 is 28.8 Å². The molecule has 0 amide bonds. The van der Waals surface area contributed by atoms with E-state index in [0.717, 1.165) is 0 Å². The Balaban J connectivity index is 3.00. The number of nitrogens with two attached hydrogens (primary N) is 1. The number of nitrogen functional groups attached to an aromatic ring is 1. The highest BCUT2D eigenvalue weighted by atomic mass is 16.5. The Bertz CT molecular complexity index is 463. The van der Waals surface area contributed by atoms with Gasteiger partial charge < -0.3 is 29.8 Å². The molecule has 21 heavy (non-hydrogen) atoms. The van der Waals surface area contributed by atoms with E-state index in [-0.39, 0.29) is 31.1 Å². The average molecular weight is 299 g/mol. The molecule has 7 heteroatoms. The van der Waals surface area contributed by atoms with E-state index in [1.165, 1.54) is 12.1 Å². The van der Waals surface area contributed by atoms with Crippen LogP contribution in [0.3, 0.4) is 0 Å². The number of rotatable bonds is 9. The monoisotopic (exact) mass is 299 g/mol. The van der Waals surface area contributed by atoms with Gasteiger partial charge in [0.15, 0.2) is 11.5 Å². The van der Waals surface area contributed by atoms with Crippen molar-refractivity contribution in [2.45, 2.75) is 6.92 Å². The Morgan fingerprint density at radius 3 is 2.48 bits per heavy atom. The van der Waals surface area contributed by atoms with Crippen molar-refractivity contribution >= 4 is 11.7 Å². The second kappa shape index (κ2) is 9.04. The van der Waals surface area contributed by atoms with E-state index in [0.29, 0.717) is 24.7 Å². The number of anilines is 1. The number of hydrogen-bond acceptors (Lipinski definition) is 7. The molecule has 0 radical (unpaired) electrons. The number of carbonyl (C=O) groups is 1. The number of benzene rings is 1. The molecular formula is C14H21NO6. The summed E-state index contributed by atoms with van der Waals surface area (Å²) < 4.78 is 20.7. The molecule has 0 bridgehead atoms. The first-order valence-electron chi connectivity index (χ1n) is 6.60. The van der Waals surface area contributed by atoms with Gasteiger partial charge in [-0.05, 0) is 6.92 Å². The van der Waals surface area contributed by atoms with Crippen LogP contribution in [0.5, 0.6) is 11.5 Å². The lowest BCUT2D eigenvalue weighted by atomic mass is 10.1. The van der Waals surface area contributed by atoms with E-state index in [9.17, 15) is 4.79 Å². The molecule has 0 aliphatic heterocycles. The third-order valence-electron chi connectivity index (χ3n) is 2.51. The number of methoxy groups -OCH3 is 1. The highest BCUT2D eigenvalue weighted by Gasteiger charge is 2.17. The van der Waals surface area contributed by atoms with Crippen LogP contribution < -0.4 is 15.2 Å². The van der Waals surface area contributed by atoms with E-state index in [4.69, 9.17) is 29.8 Å². The molecule has 0 aliphatic carbocycles. The largest absolute Gasteiger partial charge is 0.487 e. The summed E-state index contributed by atoms with van der Waals surface area (Å²) in [7, 11) is 1.56. The predicted octanol–water partition coefficient (Wildman–Crippen LogP) is 0.842. The summed E-state index contributed by atoms with van der Waals surface area (Å²) in [5.74, 6) is 0.163. The lowest BCUT2D eigenvalue weighted by molar-refractivity contribution is 0.0527. The topological polar surface area (TPSA) is 100 Å². The van der Waals surface area contributed by atoms with Crippen LogP contribution in [0, 0.1) is 0 Å². The Hall–Kier alpha value is -1.99. The van der Waals surface area contributed by atoms with Crippen LogP contribution in [0.15, 0.2) is 12.1 Å². The zero-order valence-corrected chi connectivity index (χ0v) is 12.3. The van der Waals surface area contributed by atoms with E-state index in [1.54, 1.807) is 14.0 Å². The highest BCUT2D eigenvalue weighted by molar-refractivity contribution is 5.96. The lowest BCUT2D eigenvalue weighted by Crippen LogP contribution is -2.12. The molecule has 7 nitrogen and oxygen atoms in total. The van der Waals surface area contributed by atoms with Crippen molar-refractivity contribution in [2.24, 2.45) is 0 Å². The minimum atomic E-state index is -0.535. The van der Waals surface area contributed by atoms with Crippen molar-refractivity contribution in [1.82, 2.24) is 0 Å². The SMILES string of the molecule is CCOC(=O)c1cc(OCCO)c(OCCOC)cc1N. The van der Waals surface area contributed by atoms with Crippen LogP contribution >= 0.6 is 0 Å². The number of hydrogen-bond donors (Lipinski definition) is 2. The van der Waals surface area contributed by atoms with E-state index < -0.39 is 5.97 Å². The Labute approximate surface area is 123 Å². The molecule has 0 saturated carbocycles. The number of aliphatic hydroxyl groups excluding tert-OH is 1. The van der Waals surface area contributed by atoms with Crippen LogP contribution in [0.1, 0.15) is 17.3 Å². The fraction of sp³-hybridized carbons (Fsp3) is 0.500. The predicted molar refractivity (Wildman–Crippen MR) is 76.8 cm³/mol. The number of aliphatic hydroxyl groups is 1. The minimum Gasteiger partial charge on any atom is -0.487 e. The van der Waals surface area contributed by atoms with Crippen LogP contribution in [-0.4, -0.2) is 51.2 Å². The molecule has 0 fully saturated rings. The van der Waals surface area contributed by atoms with Gasteiger partial charge in [0, 0.05) is 19.2 Å². The number of carbonyl (C=O) groups excluding carboxylic acids is 1. The van der Waals surface area contributed by atoms with Crippen molar-refractivity contribution in [3.8, 4) is 11.5 Å². The van der Waals surface area contributed by atoms with Gasteiger partial charge in [-0.15, -0.1) is 0 Å². The summed E-state index contributed by atoms with van der Waals surface area (Å²) in [6.45, 7) is 2.59. The first-order valence-corrected chi connectivity index (χ1v) is 6.60. The van der Waals surface area contributed by atoms with Gasteiger partial charge in [-0.2, -0.15) is 0 Å². The maximum Gasteiger partial charge on any atom is 0.340 e. The molecule has 0 aliphatic rings. The highest BCUT2D eigenvalue weighted by Crippen LogP contribution is 2.33. The molecule has 0 spiro atoms. The third kappa shape index (κ3) is 5.13. The third-order valence-corrected chi connectivity index (χ3v) is 2.51. The zero-order valence-electron chi connectivity index (χ0n) is 12.3. The van der Waals surface area contributed by atoms with Crippen molar-refractivity contribution in [1.29, 1.82) is 0 Å². The maximum absolute atomic E-state index is 11.8. The second-order valence-corrected chi connectivity index (χ2v) is 4.02. The molecular weight excluding hydrogens is 278 g/mol. The molecule has 0 unspecified atom stereocenters. The molecule has 0 aromatic heterocycles. The molecule has 3 N–H and O–H groups in total. The molecule has 0 saturated heterocycles. The number of ether oxygens (including phenoxy) is 4. The summed E-state index contributed by atoms with van der Waals surface area (Å²) >= 11 is 0. The fourth-order valence-electron chi connectivity index (χ4n) is 1.58. The Kier molecular flexibility index (Phi) is 7.34. The molecule has 1 aromatic rings. The summed E-state index contributed by atoms with van der Waals surface area (Å²) in [6, 6.07) is 2.94. The van der Waals surface area contributed by atoms with Gasteiger partial charge in [0.05, 0.1) is 31.1 Å². The normalized spacial score (nSPS) is 10.2. The van der Waals surface area contributed by atoms with E-state index in [1.807, 2.05) is 0 Å². The minimum absolute atomic E-state index is 0.0762. The first kappa shape index (κ1) is 17.1. The fourth-order valence-corrected chi connectivity index (χ4v) is 1.58. The quantitative estimate of drug-likeness (QED) is 0.396. The lowest BCUT2D eigenvalue weighted by Gasteiger charge is -2.15. The molecule has 1 rings (SSSR count). The Morgan fingerprint density at radius 2 is 1.86 bits per heavy atom. The van der Waals surface area contributed by atoms with Gasteiger partial charge in [-0.1, -0.05) is 0 Å². The summed E-state index contributed by atoms with van der Waals surface area (Å²) in [5, 5.41) is 8.85. The van der Waals surface area contributed by atoms with Gasteiger partial charge >= 0.3 is 5.97 Å². The van der Waals surface area contributed by atoms with E-state index >= 15 is 0 Å². The summed E-state index contributed by atoms with van der Waals surface area (Å²) in [5.41, 5.74) is 6.27. The standard InChI is InChI=1S/C14H21NO6/c1-3-19-14(17)10-8-12(20-5-4-16)13(9-11(10)15)21-7-6-18-2/h8-9,16H,3-7,15H2,1-2H3. The van der Waals surface area contributed by atoms with Crippen LogP contribution in [0.2, 0.25) is 0 Å². The van der Waals surface area contributed by atoms with Gasteiger partial charge in [0.2, 0.25) is 0 Å². The average Bonchev–Trinajstić information content (AvgIpc) is 2.46. The summed E-state index contributed by atoms with van der Waals surface area (Å²) in [6.07, 6.45) is 0. The van der Waals surface area contributed by atoms with E-state index in [2.05, 4.69) is 0 Å². The first-order chi connectivity index (χ1) is 10.1.